The van der Waals surface area contributed by atoms with E-state index in [0.29, 0.717) is 17.0 Å². The minimum atomic E-state index is -0.216. The molecule has 2 aromatic carbocycles. The molecule has 5 heteroatoms. The Labute approximate surface area is 228 Å². The van der Waals surface area contributed by atoms with Crippen LogP contribution in [0.1, 0.15) is 112 Å². The predicted molar refractivity (Wildman–Crippen MR) is 155 cm³/mol. The van der Waals surface area contributed by atoms with E-state index in [1.54, 1.807) is 6.20 Å². The largest absolute Gasteiger partial charge is 0.382 e. The zero-order chi connectivity index (χ0) is 27.3. The molecule has 38 heavy (non-hydrogen) atoms. The maximum absolute atomic E-state index is 12.9. The molecule has 2 aromatic rings. The minimum Gasteiger partial charge on any atom is -0.382 e. The lowest BCUT2D eigenvalue weighted by Crippen LogP contribution is -2.44. The van der Waals surface area contributed by atoms with Gasteiger partial charge in [-0.3, -0.25) is 9.79 Å². The summed E-state index contributed by atoms with van der Waals surface area (Å²) in [7, 11) is 0. The van der Waals surface area contributed by atoms with Crippen molar-refractivity contribution in [2.45, 2.75) is 102 Å². The lowest BCUT2D eigenvalue weighted by Gasteiger charge is -2.36. The zero-order valence-corrected chi connectivity index (χ0v) is 23.4. The highest BCUT2D eigenvalue weighted by atomic mass is 16.2. The Kier molecular flexibility index (Phi) is 8.72. The number of carbonyl (C=O) groups excluding carboxylic acids is 1. The van der Waals surface area contributed by atoms with Gasteiger partial charge in [0.25, 0.3) is 5.91 Å². The smallest absolute Gasteiger partial charge is 0.271 e. The first-order valence-corrected chi connectivity index (χ1v) is 14.3. The minimum absolute atomic E-state index is 0.0457. The van der Waals surface area contributed by atoms with Crippen molar-refractivity contribution in [3.8, 4) is 6.07 Å². The Morgan fingerprint density at radius 3 is 2.58 bits per heavy atom. The number of nitrogens with one attached hydrogen (secondary N) is 2. The van der Waals surface area contributed by atoms with Crippen LogP contribution in [0.2, 0.25) is 0 Å². The van der Waals surface area contributed by atoms with Crippen LogP contribution in [0.25, 0.3) is 0 Å². The Morgan fingerprint density at radius 1 is 1.21 bits per heavy atom. The maximum atomic E-state index is 12.9. The number of hydrogen-bond donors (Lipinski definition) is 2. The third-order valence-electron chi connectivity index (χ3n) is 8.68. The summed E-state index contributed by atoms with van der Waals surface area (Å²) in [6, 6.07) is 15.4. The van der Waals surface area contributed by atoms with E-state index in [2.05, 4.69) is 80.4 Å². The lowest BCUT2D eigenvalue weighted by atomic mass is 9.74. The highest BCUT2D eigenvalue weighted by molar-refractivity contribution is 5.93. The second-order valence-electron chi connectivity index (χ2n) is 11.1. The molecule has 2 fully saturated rings. The van der Waals surface area contributed by atoms with Gasteiger partial charge < -0.3 is 10.6 Å². The SMILES string of the molecule is C=N/C(=C\NC(C)c1ccc(C2(CC)CC2)c(CCC)c1)C(=O)NC1CC(c2cc(CC)ccc2C#N)C1. The monoisotopic (exact) mass is 510 g/mol. The number of rotatable bonds is 12. The maximum Gasteiger partial charge on any atom is 0.271 e. The van der Waals surface area contributed by atoms with E-state index in [9.17, 15) is 10.1 Å². The van der Waals surface area contributed by atoms with Crippen LogP contribution in [0.5, 0.6) is 0 Å². The second-order valence-corrected chi connectivity index (χ2v) is 11.1. The van der Waals surface area contributed by atoms with Gasteiger partial charge in [0.05, 0.1) is 11.6 Å². The second kappa shape index (κ2) is 12.0. The average molecular weight is 511 g/mol. The van der Waals surface area contributed by atoms with Gasteiger partial charge in [-0.2, -0.15) is 5.26 Å². The zero-order valence-electron chi connectivity index (χ0n) is 23.4. The normalized spacial score (nSPS) is 20.6. The molecule has 0 heterocycles. The van der Waals surface area contributed by atoms with Gasteiger partial charge in [-0.15, -0.1) is 0 Å². The van der Waals surface area contributed by atoms with Gasteiger partial charge in [0.2, 0.25) is 0 Å². The molecule has 2 aliphatic carbocycles. The van der Waals surface area contributed by atoms with E-state index in [1.165, 1.54) is 41.5 Å². The first kappa shape index (κ1) is 27.6. The van der Waals surface area contributed by atoms with E-state index in [0.717, 1.165) is 43.2 Å². The number of aliphatic imine (C=N–C) groups is 1. The first-order valence-electron chi connectivity index (χ1n) is 14.3. The summed E-state index contributed by atoms with van der Waals surface area (Å²) in [5.41, 5.74) is 7.97. The van der Waals surface area contributed by atoms with Crippen molar-refractivity contribution in [3.05, 3.63) is 81.7 Å². The molecule has 1 unspecified atom stereocenters. The highest BCUT2D eigenvalue weighted by Gasteiger charge is 2.43. The fourth-order valence-corrected chi connectivity index (χ4v) is 5.84. The van der Waals surface area contributed by atoms with Crippen molar-refractivity contribution in [3.63, 3.8) is 0 Å². The number of nitrogens with zero attached hydrogens (tertiary/aromatic N) is 2. The predicted octanol–water partition coefficient (Wildman–Crippen LogP) is 6.77. The summed E-state index contributed by atoms with van der Waals surface area (Å²) in [4.78, 5) is 16.9. The molecule has 1 atom stereocenters. The van der Waals surface area contributed by atoms with E-state index < -0.39 is 0 Å². The van der Waals surface area contributed by atoms with Gasteiger partial charge in [-0.05, 0) is 104 Å². The molecular formula is C33H42N4O. The Hall–Kier alpha value is -3.39. The van der Waals surface area contributed by atoms with Crippen molar-refractivity contribution in [1.29, 1.82) is 5.26 Å². The number of aryl methyl sites for hydroxylation is 2. The standard InChI is InChI=1S/C33H42N4O/c1-6-9-25-17-24(12-13-30(25)33(8-3)14-15-33)22(4)36-21-31(35-5)32(38)37-28-18-27(19-28)29-16-23(7-2)10-11-26(29)20-34/h10-13,16-17,21-22,27-28,36H,5-9,14-15,18-19H2,1-4H3,(H,37,38)/b31-21-. The van der Waals surface area contributed by atoms with Crippen LogP contribution in [-0.4, -0.2) is 18.7 Å². The molecule has 0 spiro atoms. The molecular weight excluding hydrogens is 468 g/mol. The summed E-state index contributed by atoms with van der Waals surface area (Å²) in [5, 5.41) is 16.0. The van der Waals surface area contributed by atoms with Crippen LogP contribution in [0.15, 0.2) is 53.3 Å². The molecule has 2 aliphatic rings. The number of hydrogen-bond acceptors (Lipinski definition) is 4. The van der Waals surface area contributed by atoms with Gasteiger partial charge in [0, 0.05) is 18.3 Å². The molecule has 2 saturated carbocycles. The van der Waals surface area contributed by atoms with E-state index in [4.69, 9.17) is 0 Å². The fourth-order valence-electron chi connectivity index (χ4n) is 5.84. The third kappa shape index (κ3) is 5.85. The number of benzene rings is 2. The van der Waals surface area contributed by atoms with Crippen molar-refractivity contribution in [2.24, 2.45) is 4.99 Å². The molecule has 0 aromatic heterocycles. The van der Waals surface area contributed by atoms with Gasteiger partial charge in [0.15, 0.2) is 0 Å². The van der Waals surface area contributed by atoms with Gasteiger partial charge in [0.1, 0.15) is 5.70 Å². The van der Waals surface area contributed by atoms with Crippen molar-refractivity contribution in [1.82, 2.24) is 10.6 Å². The van der Waals surface area contributed by atoms with Crippen LogP contribution in [0.4, 0.5) is 0 Å². The molecule has 0 saturated heterocycles. The summed E-state index contributed by atoms with van der Waals surface area (Å²) in [6.07, 6.45) is 10.3. The third-order valence-corrected chi connectivity index (χ3v) is 8.68. The van der Waals surface area contributed by atoms with Crippen molar-refractivity contribution >= 4 is 12.6 Å². The number of carbonyl (C=O) groups is 1. The van der Waals surface area contributed by atoms with Crippen LogP contribution < -0.4 is 10.6 Å². The van der Waals surface area contributed by atoms with E-state index in [1.807, 2.05) is 12.1 Å². The summed E-state index contributed by atoms with van der Waals surface area (Å²) in [6.45, 7) is 12.4. The summed E-state index contributed by atoms with van der Waals surface area (Å²) < 4.78 is 0. The molecule has 200 valence electrons. The number of nitriles is 1. The summed E-state index contributed by atoms with van der Waals surface area (Å²) in [5.74, 6) is 0.0816. The average Bonchev–Trinajstić information content (AvgIpc) is 3.71. The van der Waals surface area contributed by atoms with Gasteiger partial charge in [-0.25, -0.2) is 0 Å². The molecule has 5 nitrogen and oxygen atoms in total. The number of amides is 1. The Balaban J connectivity index is 1.36. The van der Waals surface area contributed by atoms with Crippen LogP contribution in [0.3, 0.4) is 0 Å². The van der Waals surface area contributed by atoms with Crippen LogP contribution in [0, 0.1) is 11.3 Å². The molecule has 2 N–H and O–H groups in total. The lowest BCUT2D eigenvalue weighted by molar-refractivity contribution is -0.118. The topological polar surface area (TPSA) is 77.3 Å². The van der Waals surface area contributed by atoms with Gasteiger partial charge >= 0.3 is 0 Å². The fraction of sp³-hybridized carbons (Fsp3) is 0.485. The van der Waals surface area contributed by atoms with Crippen LogP contribution >= 0.6 is 0 Å². The van der Waals surface area contributed by atoms with Crippen molar-refractivity contribution < 1.29 is 4.79 Å². The molecule has 0 aliphatic heterocycles. The van der Waals surface area contributed by atoms with E-state index >= 15 is 0 Å². The van der Waals surface area contributed by atoms with E-state index in [-0.39, 0.29) is 18.0 Å². The molecule has 4 rings (SSSR count). The van der Waals surface area contributed by atoms with Crippen LogP contribution in [-0.2, 0) is 23.1 Å². The Bertz CT molecular complexity index is 1240. The Morgan fingerprint density at radius 2 is 1.97 bits per heavy atom. The van der Waals surface area contributed by atoms with Gasteiger partial charge in [-0.1, -0.05) is 57.5 Å². The molecule has 0 radical (unpaired) electrons. The quantitative estimate of drug-likeness (QED) is 0.244. The van der Waals surface area contributed by atoms with Crippen molar-refractivity contribution in [2.75, 3.05) is 0 Å². The highest BCUT2D eigenvalue weighted by Crippen LogP contribution is 2.52. The molecule has 0 bridgehead atoms. The molecule has 1 amide bonds. The summed E-state index contributed by atoms with van der Waals surface area (Å²) >= 11 is 0. The first-order chi connectivity index (χ1) is 18.4.